The first-order valence-electron chi connectivity index (χ1n) is 8.47. The van der Waals surface area contributed by atoms with Gasteiger partial charge >= 0.3 is 5.76 Å². The monoisotopic (exact) mass is 351 g/mol. The van der Waals surface area contributed by atoms with Crippen LogP contribution in [0.1, 0.15) is 23.9 Å². The van der Waals surface area contributed by atoms with Gasteiger partial charge in [-0.25, -0.2) is 9.78 Å². The van der Waals surface area contributed by atoms with Crippen molar-refractivity contribution in [2.75, 3.05) is 6.54 Å². The minimum Gasteiger partial charge on any atom is -0.408 e. The second kappa shape index (κ2) is 5.82. The predicted molar refractivity (Wildman–Crippen MR) is 98.8 cm³/mol. The molecule has 1 aliphatic rings. The summed E-state index contributed by atoms with van der Waals surface area (Å²) in [5.41, 5.74) is 2.55. The Kier molecular flexibility index (Phi) is 3.46. The number of rotatable bonds is 3. The van der Waals surface area contributed by atoms with Gasteiger partial charge in [-0.05, 0) is 37.1 Å². The third kappa shape index (κ3) is 2.49. The summed E-state index contributed by atoms with van der Waals surface area (Å²) in [6.45, 7) is 1.50. The Morgan fingerprint density at radius 3 is 2.92 bits per heavy atom. The van der Waals surface area contributed by atoms with Gasteiger partial charge in [0.15, 0.2) is 5.58 Å². The standard InChI is InChI=1S/C19H17N3O2S/c23-19-22(14-7-2-3-9-16(14)24-19)12-21-11-5-8-15(21)18-20-13-6-1-4-10-17(13)25-18/h1-4,6-7,9-10,15H,5,8,11-12H2/t15-/m1/s1. The molecule has 2 aromatic carbocycles. The summed E-state index contributed by atoms with van der Waals surface area (Å²) < 4.78 is 8.31. The summed E-state index contributed by atoms with van der Waals surface area (Å²) in [7, 11) is 0. The lowest BCUT2D eigenvalue weighted by Crippen LogP contribution is -2.30. The fourth-order valence-corrected chi connectivity index (χ4v) is 4.77. The SMILES string of the molecule is O=c1oc2ccccc2n1CN1CCC[C@@H]1c1nc2ccccc2s1. The van der Waals surface area contributed by atoms with Gasteiger partial charge in [-0.15, -0.1) is 11.3 Å². The number of hydrogen-bond acceptors (Lipinski definition) is 5. The molecule has 0 aliphatic carbocycles. The van der Waals surface area contributed by atoms with Crippen LogP contribution in [0.3, 0.4) is 0 Å². The molecule has 0 radical (unpaired) electrons. The maximum Gasteiger partial charge on any atom is 0.421 e. The zero-order valence-electron chi connectivity index (χ0n) is 13.6. The predicted octanol–water partition coefficient (Wildman–Crippen LogP) is 4.00. The van der Waals surface area contributed by atoms with E-state index in [4.69, 9.17) is 9.40 Å². The van der Waals surface area contributed by atoms with Gasteiger partial charge in [0.05, 0.1) is 28.4 Å². The Hall–Kier alpha value is -2.44. The summed E-state index contributed by atoms with van der Waals surface area (Å²) in [4.78, 5) is 19.4. The second-order valence-electron chi connectivity index (χ2n) is 6.40. The van der Waals surface area contributed by atoms with Crippen LogP contribution in [-0.4, -0.2) is 21.0 Å². The Morgan fingerprint density at radius 2 is 2.00 bits per heavy atom. The highest BCUT2D eigenvalue weighted by molar-refractivity contribution is 7.18. The fourth-order valence-electron chi connectivity index (χ4n) is 3.64. The first-order valence-corrected chi connectivity index (χ1v) is 9.29. The second-order valence-corrected chi connectivity index (χ2v) is 7.46. The van der Waals surface area contributed by atoms with E-state index in [0.717, 1.165) is 35.4 Å². The van der Waals surface area contributed by atoms with E-state index >= 15 is 0 Å². The molecule has 0 amide bonds. The molecule has 0 spiro atoms. The van der Waals surface area contributed by atoms with Crippen LogP contribution in [0.25, 0.3) is 21.3 Å². The van der Waals surface area contributed by atoms with Crippen molar-refractivity contribution in [1.29, 1.82) is 0 Å². The number of thiazole rings is 1. The maximum atomic E-state index is 12.3. The molecule has 126 valence electrons. The molecule has 0 bridgehead atoms. The average molecular weight is 351 g/mol. The molecule has 25 heavy (non-hydrogen) atoms. The number of nitrogens with zero attached hydrogens (tertiary/aromatic N) is 3. The van der Waals surface area contributed by atoms with Crippen molar-refractivity contribution in [2.24, 2.45) is 0 Å². The van der Waals surface area contributed by atoms with Crippen LogP contribution in [0, 0.1) is 0 Å². The molecule has 1 saturated heterocycles. The van der Waals surface area contributed by atoms with E-state index in [0.29, 0.717) is 12.3 Å². The first kappa shape index (κ1) is 14.9. The zero-order chi connectivity index (χ0) is 16.8. The minimum absolute atomic E-state index is 0.262. The maximum absolute atomic E-state index is 12.3. The molecule has 2 aromatic heterocycles. The molecule has 3 heterocycles. The zero-order valence-corrected chi connectivity index (χ0v) is 14.4. The molecule has 5 rings (SSSR count). The molecule has 0 saturated carbocycles. The molecule has 1 aliphatic heterocycles. The summed E-state index contributed by atoms with van der Waals surface area (Å²) >= 11 is 1.76. The number of fused-ring (bicyclic) bond motifs is 2. The van der Waals surface area contributed by atoms with Gasteiger partial charge in [0, 0.05) is 6.54 Å². The van der Waals surface area contributed by atoms with Crippen molar-refractivity contribution in [3.8, 4) is 0 Å². The number of para-hydroxylation sites is 3. The van der Waals surface area contributed by atoms with Crippen LogP contribution in [0.15, 0.2) is 57.7 Å². The van der Waals surface area contributed by atoms with Crippen molar-refractivity contribution in [1.82, 2.24) is 14.5 Å². The van der Waals surface area contributed by atoms with Crippen molar-refractivity contribution in [3.63, 3.8) is 0 Å². The molecular weight excluding hydrogens is 334 g/mol. The van der Waals surface area contributed by atoms with E-state index in [1.807, 2.05) is 36.4 Å². The molecule has 6 heteroatoms. The van der Waals surface area contributed by atoms with Crippen molar-refractivity contribution >= 4 is 32.7 Å². The van der Waals surface area contributed by atoms with Gasteiger partial charge in [-0.2, -0.15) is 0 Å². The molecule has 0 unspecified atom stereocenters. The van der Waals surface area contributed by atoms with E-state index in [1.165, 1.54) is 4.70 Å². The van der Waals surface area contributed by atoms with Gasteiger partial charge in [0.1, 0.15) is 5.01 Å². The van der Waals surface area contributed by atoms with Crippen molar-refractivity contribution < 1.29 is 4.42 Å². The van der Waals surface area contributed by atoms with Gasteiger partial charge in [0.2, 0.25) is 0 Å². The third-order valence-electron chi connectivity index (χ3n) is 4.86. The topological polar surface area (TPSA) is 51.3 Å². The van der Waals surface area contributed by atoms with Gasteiger partial charge in [-0.1, -0.05) is 24.3 Å². The summed E-state index contributed by atoms with van der Waals surface area (Å²) in [5, 5.41) is 1.14. The normalized spacial score (nSPS) is 18.5. The van der Waals surface area contributed by atoms with Crippen LogP contribution in [0.4, 0.5) is 0 Å². The van der Waals surface area contributed by atoms with Crippen molar-refractivity contribution in [2.45, 2.75) is 25.6 Å². The number of aromatic nitrogens is 2. The lowest BCUT2D eigenvalue weighted by Gasteiger charge is -2.22. The Bertz CT molecular complexity index is 1080. The van der Waals surface area contributed by atoms with Crippen LogP contribution in [-0.2, 0) is 6.67 Å². The molecule has 5 nitrogen and oxygen atoms in total. The highest BCUT2D eigenvalue weighted by Gasteiger charge is 2.29. The van der Waals surface area contributed by atoms with Gasteiger partial charge < -0.3 is 4.42 Å². The average Bonchev–Trinajstić information content (AvgIpc) is 3.32. The Morgan fingerprint density at radius 1 is 1.16 bits per heavy atom. The van der Waals surface area contributed by atoms with E-state index < -0.39 is 0 Å². The lowest BCUT2D eigenvalue weighted by atomic mass is 10.2. The van der Waals surface area contributed by atoms with E-state index in [2.05, 4.69) is 17.0 Å². The van der Waals surface area contributed by atoms with Gasteiger partial charge in [0.25, 0.3) is 0 Å². The number of likely N-dealkylation sites (tertiary alicyclic amines) is 1. The van der Waals surface area contributed by atoms with Crippen LogP contribution in [0.5, 0.6) is 0 Å². The summed E-state index contributed by atoms with van der Waals surface area (Å²) in [6, 6.07) is 16.1. The Labute approximate surface area is 148 Å². The molecule has 4 aromatic rings. The first-order chi connectivity index (χ1) is 12.3. The highest BCUT2D eigenvalue weighted by atomic mass is 32.1. The number of benzene rings is 2. The molecule has 1 fully saturated rings. The molecular formula is C19H17N3O2S. The summed E-state index contributed by atoms with van der Waals surface area (Å²) in [5.74, 6) is -0.295. The number of hydrogen-bond donors (Lipinski definition) is 0. The van der Waals surface area contributed by atoms with E-state index in [1.54, 1.807) is 15.9 Å². The molecule has 1 atom stereocenters. The molecule has 0 N–H and O–H groups in total. The summed E-state index contributed by atoms with van der Waals surface area (Å²) in [6.07, 6.45) is 2.19. The number of oxazole rings is 1. The fraction of sp³-hybridized carbons (Fsp3) is 0.263. The quantitative estimate of drug-likeness (QED) is 0.560. The smallest absolute Gasteiger partial charge is 0.408 e. The lowest BCUT2D eigenvalue weighted by molar-refractivity contribution is 0.198. The largest absolute Gasteiger partial charge is 0.421 e. The van der Waals surface area contributed by atoms with Crippen molar-refractivity contribution in [3.05, 3.63) is 64.1 Å². The minimum atomic E-state index is -0.295. The van der Waals surface area contributed by atoms with Crippen LogP contribution in [0.2, 0.25) is 0 Å². The van der Waals surface area contributed by atoms with E-state index in [-0.39, 0.29) is 11.8 Å². The van der Waals surface area contributed by atoms with Crippen LogP contribution < -0.4 is 5.76 Å². The van der Waals surface area contributed by atoms with E-state index in [9.17, 15) is 4.79 Å². The Balaban J connectivity index is 1.50. The van der Waals surface area contributed by atoms with Gasteiger partial charge in [-0.3, -0.25) is 9.47 Å². The van der Waals surface area contributed by atoms with Crippen LogP contribution >= 0.6 is 11.3 Å². The highest BCUT2D eigenvalue weighted by Crippen LogP contribution is 2.36. The third-order valence-corrected chi connectivity index (χ3v) is 5.99.